The molecule has 34 heavy (non-hydrogen) atoms. The molecule has 1 N–H and O–H groups in total. The van der Waals surface area contributed by atoms with E-state index in [0.29, 0.717) is 43.9 Å². The van der Waals surface area contributed by atoms with Gasteiger partial charge >= 0.3 is 0 Å². The smallest absolute Gasteiger partial charge is 0.264 e. The van der Waals surface area contributed by atoms with E-state index in [1.807, 2.05) is 6.07 Å². The Morgan fingerprint density at radius 3 is 2.15 bits per heavy atom. The second-order valence-corrected chi connectivity index (χ2v) is 10.1. The van der Waals surface area contributed by atoms with E-state index in [0.717, 1.165) is 17.7 Å². The van der Waals surface area contributed by atoms with Crippen LogP contribution in [0.4, 0.5) is 14.5 Å². The maximum atomic E-state index is 13.6. The van der Waals surface area contributed by atoms with E-state index in [9.17, 15) is 22.3 Å². The first kappa shape index (κ1) is 24.0. The molecular weight excluding hydrogens is 462 g/mol. The van der Waals surface area contributed by atoms with Crippen molar-refractivity contribution in [2.75, 3.05) is 24.5 Å². The van der Waals surface area contributed by atoms with E-state index in [4.69, 9.17) is 4.74 Å². The van der Waals surface area contributed by atoms with Gasteiger partial charge in [-0.1, -0.05) is 6.07 Å². The number of phenolic OH excluding ortho intramolecular Hbond substituents is 1. The van der Waals surface area contributed by atoms with Crippen molar-refractivity contribution in [1.29, 1.82) is 0 Å². The Bertz CT molecular complexity index is 1230. The van der Waals surface area contributed by atoms with Crippen molar-refractivity contribution in [3.8, 4) is 11.5 Å². The topological polar surface area (TPSA) is 70.1 Å². The number of hydrogen-bond donors (Lipinski definition) is 1. The number of methoxy groups -OCH3 is 1. The monoisotopic (exact) mass is 488 g/mol. The number of piperidine rings is 1. The van der Waals surface area contributed by atoms with Crippen LogP contribution in [0.1, 0.15) is 18.4 Å². The fourth-order valence-electron chi connectivity index (χ4n) is 4.24. The lowest BCUT2D eigenvalue weighted by Gasteiger charge is -2.39. The number of benzene rings is 3. The molecule has 0 unspecified atom stereocenters. The average molecular weight is 489 g/mol. The van der Waals surface area contributed by atoms with Crippen LogP contribution in [0.3, 0.4) is 0 Å². The highest BCUT2D eigenvalue weighted by molar-refractivity contribution is 7.92. The molecule has 0 amide bonds. The zero-order chi connectivity index (χ0) is 24.3. The molecule has 0 spiro atoms. The van der Waals surface area contributed by atoms with Crippen molar-refractivity contribution in [3.05, 3.63) is 83.9 Å². The Balaban J connectivity index is 1.55. The number of phenols is 1. The van der Waals surface area contributed by atoms with Crippen LogP contribution in [-0.4, -0.2) is 44.7 Å². The zero-order valence-corrected chi connectivity index (χ0v) is 19.5. The van der Waals surface area contributed by atoms with Gasteiger partial charge in [-0.3, -0.25) is 9.21 Å². The van der Waals surface area contributed by atoms with Gasteiger partial charge in [0.15, 0.2) is 11.5 Å². The molecule has 0 saturated carbocycles. The Morgan fingerprint density at radius 1 is 0.971 bits per heavy atom. The van der Waals surface area contributed by atoms with Crippen LogP contribution >= 0.6 is 0 Å². The number of sulfonamides is 1. The molecule has 6 nitrogen and oxygen atoms in total. The fraction of sp³-hybridized carbons (Fsp3) is 0.280. The normalized spacial score (nSPS) is 15.3. The molecule has 0 aromatic heterocycles. The first-order valence-corrected chi connectivity index (χ1v) is 12.4. The molecule has 180 valence electrons. The predicted octanol–water partition coefficient (Wildman–Crippen LogP) is 4.54. The summed E-state index contributed by atoms with van der Waals surface area (Å²) >= 11 is 0. The zero-order valence-electron chi connectivity index (χ0n) is 18.7. The second kappa shape index (κ2) is 9.99. The molecule has 9 heteroatoms. The molecule has 0 atom stereocenters. The summed E-state index contributed by atoms with van der Waals surface area (Å²) in [6, 6.07) is 14.9. The lowest BCUT2D eigenvalue weighted by molar-refractivity contribution is 0.206. The summed E-state index contributed by atoms with van der Waals surface area (Å²) in [5, 5.41) is 9.80. The number of aromatic hydroxyl groups is 1. The van der Waals surface area contributed by atoms with Gasteiger partial charge in [-0.25, -0.2) is 17.2 Å². The van der Waals surface area contributed by atoms with Gasteiger partial charge in [0.2, 0.25) is 0 Å². The van der Waals surface area contributed by atoms with Gasteiger partial charge in [-0.05, 0) is 79.1 Å². The minimum atomic E-state index is -3.99. The van der Waals surface area contributed by atoms with E-state index >= 15 is 0 Å². The number of halogens is 2. The SMILES string of the molecule is COc1cc(CN2CCC(N(c3ccc(F)cc3)S(=O)(=O)c3ccc(F)cc3)CC2)ccc1O. The first-order chi connectivity index (χ1) is 16.3. The maximum absolute atomic E-state index is 13.6. The molecule has 0 bridgehead atoms. The summed E-state index contributed by atoms with van der Waals surface area (Å²) in [7, 11) is -2.50. The third kappa shape index (κ3) is 5.15. The van der Waals surface area contributed by atoms with Crippen molar-refractivity contribution in [2.45, 2.75) is 30.3 Å². The summed E-state index contributed by atoms with van der Waals surface area (Å²) in [6.07, 6.45) is 1.13. The van der Waals surface area contributed by atoms with Gasteiger partial charge in [0.05, 0.1) is 17.7 Å². The van der Waals surface area contributed by atoms with E-state index in [1.165, 1.54) is 47.8 Å². The third-order valence-electron chi connectivity index (χ3n) is 5.99. The Kier molecular flexibility index (Phi) is 7.04. The van der Waals surface area contributed by atoms with Crippen molar-refractivity contribution < 1.29 is 27.0 Å². The summed E-state index contributed by atoms with van der Waals surface area (Å²) < 4.78 is 60.6. The molecule has 0 aliphatic carbocycles. The molecule has 0 radical (unpaired) electrons. The van der Waals surface area contributed by atoms with E-state index in [1.54, 1.807) is 12.1 Å². The molecule has 3 aromatic rings. The highest BCUT2D eigenvalue weighted by Crippen LogP contribution is 2.32. The maximum Gasteiger partial charge on any atom is 0.264 e. The Labute approximate surface area is 198 Å². The highest BCUT2D eigenvalue weighted by atomic mass is 32.2. The molecule has 1 saturated heterocycles. The number of likely N-dealkylation sites (tertiary alicyclic amines) is 1. The average Bonchev–Trinajstić information content (AvgIpc) is 2.83. The lowest BCUT2D eigenvalue weighted by Crippen LogP contribution is -2.47. The molecule has 1 heterocycles. The molecule has 3 aromatic carbocycles. The molecular formula is C25H26F2N2O4S. The first-order valence-electron chi connectivity index (χ1n) is 10.9. The van der Waals surface area contributed by atoms with Crippen LogP contribution in [0.25, 0.3) is 0 Å². The number of nitrogens with zero attached hydrogens (tertiary/aromatic N) is 2. The summed E-state index contributed by atoms with van der Waals surface area (Å²) in [5.74, 6) is -0.500. The predicted molar refractivity (Wildman–Crippen MR) is 125 cm³/mol. The molecule has 4 rings (SSSR count). The van der Waals surface area contributed by atoms with E-state index < -0.39 is 21.7 Å². The Hall–Kier alpha value is -3.17. The molecule has 1 fully saturated rings. The van der Waals surface area contributed by atoms with Crippen molar-refractivity contribution in [1.82, 2.24) is 4.90 Å². The fourth-order valence-corrected chi connectivity index (χ4v) is 5.95. The minimum Gasteiger partial charge on any atom is -0.504 e. The third-order valence-corrected chi connectivity index (χ3v) is 7.89. The summed E-state index contributed by atoms with van der Waals surface area (Å²) in [4.78, 5) is 2.19. The lowest BCUT2D eigenvalue weighted by atomic mass is 10.0. The highest BCUT2D eigenvalue weighted by Gasteiger charge is 2.34. The molecule has 1 aliphatic heterocycles. The van der Waals surface area contributed by atoms with Gasteiger partial charge < -0.3 is 9.84 Å². The van der Waals surface area contributed by atoms with Crippen molar-refractivity contribution in [3.63, 3.8) is 0 Å². The van der Waals surface area contributed by atoms with Crippen LogP contribution < -0.4 is 9.04 Å². The van der Waals surface area contributed by atoms with Crippen LogP contribution in [0.2, 0.25) is 0 Å². The van der Waals surface area contributed by atoms with Crippen molar-refractivity contribution >= 4 is 15.7 Å². The summed E-state index contributed by atoms with van der Waals surface area (Å²) in [5.41, 5.74) is 1.34. The largest absolute Gasteiger partial charge is 0.504 e. The van der Waals surface area contributed by atoms with Crippen molar-refractivity contribution in [2.24, 2.45) is 0 Å². The van der Waals surface area contributed by atoms with E-state index in [2.05, 4.69) is 4.90 Å². The number of anilines is 1. The van der Waals surface area contributed by atoms with Crippen LogP contribution in [-0.2, 0) is 16.6 Å². The number of hydrogen-bond acceptors (Lipinski definition) is 5. The van der Waals surface area contributed by atoms with Gasteiger partial charge in [0.1, 0.15) is 11.6 Å². The molecule has 1 aliphatic rings. The van der Waals surface area contributed by atoms with Crippen LogP contribution in [0.5, 0.6) is 11.5 Å². The number of ether oxygens (including phenoxy) is 1. The minimum absolute atomic E-state index is 0.0168. The quantitative estimate of drug-likeness (QED) is 0.529. The van der Waals surface area contributed by atoms with E-state index in [-0.39, 0.29) is 16.7 Å². The van der Waals surface area contributed by atoms with Gasteiger partial charge in [0, 0.05) is 25.7 Å². The second-order valence-electron chi connectivity index (χ2n) is 8.24. The van der Waals surface area contributed by atoms with Gasteiger partial charge in [-0.15, -0.1) is 0 Å². The van der Waals surface area contributed by atoms with Gasteiger partial charge in [0.25, 0.3) is 10.0 Å². The van der Waals surface area contributed by atoms with Crippen LogP contribution in [0, 0.1) is 11.6 Å². The Morgan fingerprint density at radius 2 is 1.56 bits per heavy atom. The standard InChI is InChI=1S/C25H26F2N2O4S/c1-33-25-16-18(2-11-24(25)30)17-28-14-12-22(13-15-28)29(21-7-3-19(26)4-8-21)34(31,32)23-9-5-20(27)6-10-23/h2-11,16,22,30H,12-15,17H2,1H3. The van der Waals surface area contributed by atoms with Gasteiger partial charge in [-0.2, -0.15) is 0 Å². The summed E-state index contributed by atoms with van der Waals surface area (Å²) in [6.45, 7) is 1.92. The van der Waals surface area contributed by atoms with Crippen LogP contribution in [0.15, 0.2) is 71.6 Å². The number of rotatable bonds is 7.